The van der Waals surface area contributed by atoms with Gasteiger partial charge in [-0.2, -0.15) is 0 Å². The van der Waals surface area contributed by atoms with Crippen LogP contribution >= 0.6 is 0 Å². The lowest BCUT2D eigenvalue weighted by Gasteiger charge is -2.23. The third kappa shape index (κ3) is 3.44. The lowest BCUT2D eigenvalue weighted by Crippen LogP contribution is -2.09. The van der Waals surface area contributed by atoms with Crippen molar-refractivity contribution in [1.29, 1.82) is 0 Å². The van der Waals surface area contributed by atoms with Crippen molar-refractivity contribution in [2.45, 2.75) is 40.0 Å². The molecule has 2 N–H and O–H groups in total. The van der Waals surface area contributed by atoms with Crippen molar-refractivity contribution in [3.63, 3.8) is 0 Å². The molecule has 0 saturated heterocycles. The third-order valence-corrected chi connectivity index (χ3v) is 2.88. The third-order valence-electron chi connectivity index (χ3n) is 2.88. The molecule has 1 unspecified atom stereocenters. The van der Waals surface area contributed by atoms with Crippen LogP contribution in [0.15, 0.2) is 18.2 Å². The maximum Gasteiger partial charge on any atom is 0.119 e. The van der Waals surface area contributed by atoms with E-state index in [1.165, 1.54) is 6.07 Å². The molecule has 0 aliphatic rings. The number of hydrogen-bond donors (Lipinski definition) is 2. The molecule has 0 amide bonds. The van der Waals surface area contributed by atoms with Crippen molar-refractivity contribution in [3.05, 3.63) is 23.8 Å². The second-order valence-electron chi connectivity index (χ2n) is 5.26. The van der Waals surface area contributed by atoms with Crippen LogP contribution in [0.1, 0.15) is 45.6 Å². The minimum atomic E-state index is 0.143. The molecule has 0 aromatic heterocycles. The van der Waals surface area contributed by atoms with E-state index in [0.29, 0.717) is 17.8 Å². The van der Waals surface area contributed by atoms with Gasteiger partial charge >= 0.3 is 0 Å². The monoisotopic (exact) mass is 222 g/mol. The summed E-state index contributed by atoms with van der Waals surface area (Å²) in [4.78, 5) is 0. The fraction of sp³-hybridized carbons (Fsp3) is 0.571. The Kier molecular flexibility index (Phi) is 4.22. The summed E-state index contributed by atoms with van der Waals surface area (Å²) in [6.45, 7) is 8.73. The fourth-order valence-corrected chi connectivity index (χ4v) is 2.13. The first-order valence-corrected chi connectivity index (χ1v) is 5.93. The van der Waals surface area contributed by atoms with Gasteiger partial charge in [-0.3, -0.25) is 0 Å². The summed E-state index contributed by atoms with van der Waals surface area (Å²) in [7, 11) is 0. The van der Waals surface area contributed by atoms with Crippen LogP contribution < -0.4 is 0 Å². The lowest BCUT2D eigenvalue weighted by atomic mass is 9.82. The molecule has 1 rings (SSSR count). The predicted octanol–water partition coefficient (Wildman–Crippen LogP) is 3.88. The van der Waals surface area contributed by atoms with E-state index in [9.17, 15) is 10.2 Å². The average Bonchev–Trinajstić information content (AvgIpc) is 2.11. The minimum Gasteiger partial charge on any atom is -0.508 e. The van der Waals surface area contributed by atoms with E-state index in [1.54, 1.807) is 12.1 Å². The molecule has 0 saturated carbocycles. The van der Waals surface area contributed by atoms with Crippen LogP contribution in [0.4, 0.5) is 0 Å². The van der Waals surface area contributed by atoms with Crippen molar-refractivity contribution < 1.29 is 10.2 Å². The van der Waals surface area contributed by atoms with E-state index in [2.05, 4.69) is 27.7 Å². The highest BCUT2D eigenvalue weighted by molar-refractivity contribution is 5.38. The van der Waals surface area contributed by atoms with Gasteiger partial charge in [0.05, 0.1) is 0 Å². The fourth-order valence-electron chi connectivity index (χ4n) is 2.13. The Morgan fingerprint density at radius 2 is 1.44 bits per heavy atom. The molecule has 2 nitrogen and oxygen atoms in total. The van der Waals surface area contributed by atoms with Gasteiger partial charge in [-0.1, -0.05) is 27.7 Å². The highest BCUT2D eigenvalue weighted by atomic mass is 16.3. The molecule has 1 aromatic carbocycles. The van der Waals surface area contributed by atoms with Gasteiger partial charge in [0.25, 0.3) is 0 Å². The molecular weight excluding hydrogens is 200 g/mol. The van der Waals surface area contributed by atoms with Crippen molar-refractivity contribution in [2.75, 3.05) is 0 Å². The summed E-state index contributed by atoms with van der Waals surface area (Å²) in [6.07, 6.45) is 1.07. The Morgan fingerprint density at radius 3 is 1.81 bits per heavy atom. The number of phenolic OH excluding ortho intramolecular Hbond substituents is 2. The Hall–Kier alpha value is -1.18. The molecule has 16 heavy (non-hydrogen) atoms. The summed E-state index contributed by atoms with van der Waals surface area (Å²) in [6, 6.07) is 4.88. The van der Waals surface area contributed by atoms with Gasteiger partial charge in [-0.15, -0.1) is 0 Å². The van der Waals surface area contributed by atoms with Crippen molar-refractivity contribution in [1.82, 2.24) is 0 Å². The van der Waals surface area contributed by atoms with Gasteiger partial charge in [0.2, 0.25) is 0 Å². The smallest absolute Gasteiger partial charge is 0.119 e. The SMILES string of the molecule is CC(C)CC(c1cc(O)cc(O)c1)C(C)C. The summed E-state index contributed by atoms with van der Waals surface area (Å²) >= 11 is 0. The molecule has 0 aliphatic carbocycles. The quantitative estimate of drug-likeness (QED) is 0.811. The summed E-state index contributed by atoms with van der Waals surface area (Å²) in [5.41, 5.74) is 1.03. The van der Waals surface area contributed by atoms with E-state index in [0.717, 1.165) is 12.0 Å². The highest BCUT2D eigenvalue weighted by Gasteiger charge is 2.18. The van der Waals surface area contributed by atoms with Gasteiger partial charge in [-0.05, 0) is 41.9 Å². The zero-order valence-corrected chi connectivity index (χ0v) is 10.6. The molecule has 90 valence electrons. The lowest BCUT2D eigenvalue weighted by molar-refractivity contribution is 0.400. The molecule has 2 heteroatoms. The molecule has 1 atom stereocenters. The second-order valence-corrected chi connectivity index (χ2v) is 5.26. The van der Waals surface area contributed by atoms with E-state index in [4.69, 9.17) is 0 Å². The molecular formula is C14H22O2. The largest absolute Gasteiger partial charge is 0.508 e. The van der Waals surface area contributed by atoms with Crippen LogP contribution in [-0.4, -0.2) is 10.2 Å². The number of rotatable bonds is 4. The standard InChI is InChI=1S/C14H22O2/c1-9(2)5-14(10(3)4)11-6-12(15)8-13(16)7-11/h6-10,14-16H,5H2,1-4H3. The molecule has 1 aromatic rings. The van der Waals surface area contributed by atoms with Gasteiger partial charge in [0, 0.05) is 6.07 Å². The Balaban J connectivity index is 3.00. The molecule has 0 heterocycles. The Labute approximate surface area is 97.9 Å². The molecule has 0 radical (unpaired) electrons. The number of benzene rings is 1. The van der Waals surface area contributed by atoms with E-state index >= 15 is 0 Å². The zero-order valence-electron chi connectivity index (χ0n) is 10.6. The van der Waals surface area contributed by atoms with Crippen LogP contribution in [0, 0.1) is 11.8 Å². The van der Waals surface area contributed by atoms with Gasteiger partial charge in [-0.25, -0.2) is 0 Å². The van der Waals surface area contributed by atoms with Crippen molar-refractivity contribution >= 4 is 0 Å². The predicted molar refractivity (Wildman–Crippen MR) is 66.8 cm³/mol. The number of aromatic hydroxyl groups is 2. The topological polar surface area (TPSA) is 40.5 Å². The van der Waals surface area contributed by atoms with Crippen molar-refractivity contribution in [3.8, 4) is 11.5 Å². The van der Waals surface area contributed by atoms with Crippen LogP contribution in [0.5, 0.6) is 11.5 Å². The summed E-state index contributed by atoms with van der Waals surface area (Å²) in [5.74, 6) is 1.78. The van der Waals surface area contributed by atoms with Crippen LogP contribution in [-0.2, 0) is 0 Å². The summed E-state index contributed by atoms with van der Waals surface area (Å²) in [5, 5.41) is 19.0. The molecule has 0 spiro atoms. The first-order chi connectivity index (χ1) is 7.40. The van der Waals surface area contributed by atoms with Gasteiger partial charge < -0.3 is 10.2 Å². The maximum atomic E-state index is 9.50. The maximum absolute atomic E-state index is 9.50. The number of phenols is 2. The van der Waals surface area contributed by atoms with Crippen LogP contribution in [0.25, 0.3) is 0 Å². The minimum absolute atomic E-state index is 0.143. The Bertz CT molecular complexity index is 322. The second kappa shape index (κ2) is 5.24. The first kappa shape index (κ1) is 12.9. The molecule has 0 aliphatic heterocycles. The number of hydrogen-bond acceptors (Lipinski definition) is 2. The Morgan fingerprint density at radius 1 is 0.938 bits per heavy atom. The first-order valence-electron chi connectivity index (χ1n) is 5.93. The van der Waals surface area contributed by atoms with E-state index < -0.39 is 0 Å². The van der Waals surface area contributed by atoms with Crippen LogP contribution in [0.3, 0.4) is 0 Å². The molecule has 0 bridgehead atoms. The van der Waals surface area contributed by atoms with Crippen molar-refractivity contribution in [2.24, 2.45) is 11.8 Å². The molecule has 0 fully saturated rings. The van der Waals surface area contributed by atoms with Gasteiger partial charge in [0.1, 0.15) is 11.5 Å². The average molecular weight is 222 g/mol. The zero-order chi connectivity index (χ0) is 12.3. The normalized spacial score (nSPS) is 13.4. The highest BCUT2D eigenvalue weighted by Crippen LogP contribution is 2.34. The summed E-state index contributed by atoms with van der Waals surface area (Å²) < 4.78 is 0. The van der Waals surface area contributed by atoms with E-state index in [-0.39, 0.29) is 11.5 Å². The van der Waals surface area contributed by atoms with E-state index in [1.807, 2.05) is 0 Å². The van der Waals surface area contributed by atoms with Gasteiger partial charge in [0.15, 0.2) is 0 Å². The van der Waals surface area contributed by atoms with Crippen LogP contribution in [0.2, 0.25) is 0 Å².